The minimum Gasteiger partial charge on any atom is -0.481 e. The van der Waals surface area contributed by atoms with Crippen LogP contribution in [0, 0.1) is 12.8 Å². The topological polar surface area (TPSA) is 57.6 Å². The van der Waals surface area contributed by atoms with Crippen molar-refractivity contribution in [3.05, 3.63) is 33.8 Å². The van der Waals surface area contributed by atoms with Gasteiger partial charge in [0, 0.05) is 29.5 Å². The lowest BCUT2D eigenvalue weighted by Crippen LogP contribution is -2.28. The molecule has 0 bridgehead atoms. The van der Waals surface area contributed by atoms with Gasteiger partial charge in [0.1, 0.15) is 0 Å². The van der Waals surface area contributed by atoms with Gasteiger partial charge in [0.2, 0.25) is 0 Å². The molecule has 1 aliphatic heterocycles. The summed E-state index contributed by atoms with van der Waals surface area (Å²) >= 11 is 3.43. The molecule has 1 N–H and O–H groups in total. The second-order valence-electron chi connectivity index (χ2n) is 5.30. The number of carbonyl (C=O) groups excluding carboxylic acids is 1. The molecule has 5 heteroatoms. The summed E-state index contributed by atoms with van der Waals surface area (Å²) < 4.78 is 0.995. The second kappa shape index (κ2) is 6.39. The number of aliphatic carboxylic acids is 1. The number of hydrogen-bond donors (Lipinski definition) is 1. The molecule has 1 aromatic carbocycles. The van der Waals surface area contributed by atoms with Crippen LogP contribution in [0.3, 0.4) is 0 Å². The van der Waals surface area contributed by atoms with E-state index in [0.29, 0.717) is 24.4 Å². The minimum atomic E-state index is -0.765. The van der Waals surface area contributed by atoms with Gasteiger partial charge in [-0.05, 0) is 49.4 Å². The Hall–Kier alpha value is -1.36. The van der Waals surface area contributed by atoms with E-state index in [-0.39, 0.29) is 12.3 Å². The van der Waals surface area contributed by atoms with E-state index in [1.165, 1.54) is 0 Å². The molecule has 108 valence electrons. The van der Waals surface area contributed by atoms with Crippen LogP contribution >= 0.6 is 15.9 Å². The molecule has 0 radical (unpaired) electrons. The number of hydrogen-bond acceptors (Lipinski definition) is 2. The van der Waals surface area contributed by atoms with E-state index in [1.54, 1.807) is 0 Å². The zero-order chi connectivity index (χ0) is 14.7. The normalized spacial score (nSPS) is 18.3. The van der Waals surface area contributed by atoms with Gasteiger partial charge in [-0.2, -0.15) is 0 Å². The van der Waals surface area contributed by atoms with Crippen molar-refractivity contribution in [2.45, 2.75) is 26.2 Å². The Kier molecular flexibility index (Phi) is 4.81. The number of halogens is 1. The van der Waals surface area contributed by atoms with Crippen molar-refractivity contribution in [3.8, 4) is 0 Å². The first-order chi connectivity index (χ1) is 9.47. The third kappa shape index (κ3) is 3.60. The van der Waals surface area contributed by atoms with Gasteiger partial charge in [0.05, 0.1) is 0 Å². The Morgan fingerprint density at radius 3 is 2.85 bits per heavy atom. The summed E-state index contributed by atoms with van der Waals surface area (Å²) in [4.78, 5) is 24.8. The molecular weight excluding hydrogens is 322 g/mol. The second-order valence-corrected chi connectivity index (χ2v) is 6.16. The quantitative estimate of drug-likeness (QED) is 0.916. The molecule has 0 spiro atoms. The summed E-state index contributed by atoms with van der Waals surface area (Å²) in [6, 6.07) is 5.60. The lowest BCUT2D eigenvalue weighted by atomic mass is 10.0. The number of carboxylic acids is 1. The summed E-state index contributed by atoms with van der Waals surface area (Å²) in [5, 5.41) is 8.70. The van der Waals surface area contributed by atoms with Gasteiger partial charge in [-0.15, -0.1) is 0 Å². The van der Waals surface area contributed by atoms with Crippen LogP contribution < -0.4 is 0 Å². The Labute approximate surface area is 126 Å². The maximum Gasteiger partial charge on any atom is 0.303 e. The van der Waals surface area contributed by atoms with Gasteiger partial charge in [-0.3, -0.25) is 9.59 Å². The molecule has 1 fully saturated rings. The number of aryl methyl sites for hydroxylation is 1. The first-order valence-corrected chi connectivity index (χ1v) is 7.54. The summed E-state index contributed by atoms with van der Waals surface area (Å²) in [7, 11) is 0. The number of rotatable bonds is 4. The fraction of sp³-hybridized carbons (Fsp3) is 0.467. The standard InChI is InChI=1S/C15H18BrNO3/c1-10-8-12(3-4-13(10)16)15(20)17-7-6-11(9-17)2-5-14(18)19/h3-4,8,11H,2,5-7,9H2,1H3,(H,18,19). The third-order valence-corrected chi connectivity index (χ3v) is 4.63. The number of nitrogens with zero attached hydrogens (tertiary/aromatic N) is 1. The number of carbonyl (C=O) groups is 2. The van der Waals surface area contributed by atoms with Crippen molar-refractivity contribution in [2.24, 2.45) is 5.92 Å². The van der Waals surface area contributed by atoms with Crippen LogP contribution in [0.1, 0.15) is 35.2 Å². The van der Waals surface area contributed by atoms with E-state index in [1.807, 2.05) is 30.0 Å². The van der Waals surface area contributed by atoms with Crippen LogP contribution in [-0.2, 0) is 4.79 Å². The van der Waals surface area contributed by atoms with E-state index in [0.717, 1.165) is 23.0 Å². The van der Waals surface area contributed by atoms with Crippen LogP contribution in [-0.4, -0.2) is 35.0 Å². The van der Waals surface area contributed by atoms with Gasteiger partial charge in [0.25, 0.3) is 5.91 Å². The highest BCUT2D eigenvalue weighted by Gasteiger charge is 2.27. The van der Waals surface area contributed by atoms with Crippen LogP contribution in [0.5, 0.6) is 0 Å². The van der Waals surface area contributed by atoms with Crippen molar-refractivity contribution in [2.75, 3.05) is 13.1 Å². The summed E-state index contributed by atoms with van der Waals surface area (Å²) in [6.45, 7) is 3.35. The lowest BCUT2D eigenvalue weighted by molar-refractivity contribution is -0.137. The first-order valence-electron chi connectivity index (χ1n) is 6.74. The Balaban J connectivity index is 1.97. The number of carboxylic acid groups (broad SMARTS) is 1. The predicted molar refractivity (Wildman–Crippen MR) is 79.8 cm³/mol. The summed E-state index contributed by atoms with van der Waals surface area (Å²) in [5.74, 6) is -0.414. The average molecular weight is 340 g/mol. The highest BCUT2D eigenvalue weighted by molar-refractivity contribution is 9.10. The molecule has 1 atom stereocenters. The average Bonchev–Trinajstić information content (AvgIpc) is 2.87. The number of amides is 1. The molecule has 2 rings (SSSR count). The molecule has 1 aromatic rings. The van der Waals surface area contributed by atoms with Crippen LogP contribution in [0.15, 0.2) is 22.7 Å². The van der Waals surface area contributed by atoms with Crippen molar-refractivity contribution >= 4 is 27.8 Å². The molecule has 0 aliphatic carbocycles. The maximum absolute atomic E-state index is 12.4. The molecule has 0 aromatic heterocycles. The fourth-order valence-corrected chi connectivity index (χ4v) is 2.79. The molecule has 1 saturated heterocycles. The molecule has 4 nitrogen and oxygen atoms in total. The Bertz CT molecular complexity index is 530. The van der Waals surface area contributed by atoms with Crippen LogP contribution in [0.2, 0.25) is 0 Å². The van der Waals surface area contributed by atoms with Crippen LogP contribution in [0.25, 0.3) is 0 Å². The minimum absolute atomic E-state index is 0.0402. The van der Waals surface area contributed by atoms with E-state index in [4.69, 9.17) is 5.11 Å². The largest absolute Gasteiger partial charge is 0.481 e. The zero-order valence-electron chi connectivity index (χ0n) is 11.4. The third-order valence-electron chi connectivity index (χ3n) is 3.74. The van der Waals surface area contributed by atoms with E-state index in [9.17, 15) is 9.59 Å². The van der Waals surface area contributed by atoms with Gasteiger partial charge in [-0.1, -0.05) is 15.9 Å². The fourth-order valence-electron chi connectivity index (χ4n) is 2.54. The Morgan fingerprint density at radius 2 is 2.20 bits per heavy atom. The highest BCUT2D eigenvalue weighted by Crippen LogP contribution is 2.24. The monoisotopic (exact) mass is 339 g/mol. The predicted octanol–water partition coefficient (Wildman–Crippen LogP) is 3.08. The highest BCUT2D eigenvalue weighted by atomic mass is 79.9. The number of likely N-dealkylation sites (tertiary alicyclic amines) is 1. The first kappa shape index (κ1) is 15.0. The van der Waals surface area contributed by atoms with Gasteiger partial charge in [-0.25, -0.2) is 0 Å². The SMILES string of the molecule is Cc1cc(C(=O)N2CCC(CCC(=O)O)C2)ccc1Br. The van der Waals surface area contributed by atoms with Crippen molar-refractivity contribution in [1.29, 1.82) is 0 Å². The summed E-state index contributed by atoms with van der Waals surface area (Å²) in [6.07, 6.45) is 1.73. The van der Waals surface area contributed by atoms with Crippen molar-refractivity contribution in [3.63, 3.8) is 0 Å². The lowest BCUT2D eigenvalue weighted by Gasteiger charge is -2.17. The molecule has 1 aliphatic rings. The maximum atomic E-state index is 12.4. The van der Waals surface area contributed by atoms with Gasteiger partial charge in [0.15, 0.2) is 0 Å². The molecule has 1 amide bonds. The van der Waals surface area contributed by atoms with E-state index < -0.39 is 5.97 Å². The van der Waals surface area contributed by atoms with Gasteiger partial charge >= 0.3 is 5.97 Å². The van der Waals surface area contributed by atoms with E-state index in [2.05, 4.69) is 15.9 Å². The number of benzene rings is 1. The van der Waals surface area contributed by atoms with Crippen molar-refractivity contribution < 1.29 is 14.7 Å². The summed E-state index contributed by atoms with van der Waals surface area (Å²) in [5.41, 5.74) is 1.74. The molecule has 1 unspecified atom stereocenters. The van der Waals surface area contributed by atoms with Crippen LogP contribution in [0.4, 0.5) is 0 Å². The molecule has 1 heterocycles. The smallest absolute Gasteiger partial charge is 0.303 e. The molecule has 0 saturated carbocycles. The molecular formula is C15H18BrNO3. The van der Waals surface area contributed by atoms with E-state index >= 15 is 0 Å². The zero-order valence-corrected chi connectivity index (χ0v) is 13.0. The van der Waals surface area contributed by atoms with Crippen molar-refractivity contribution in [1.82, 2.24) is 4.90 Å². The Morgan fingerprint density at radius 1 is 1.45 bits per heavy atom. The van der Waals surface area contributed by atoms with Gasteiger partial charge < -0.3 is 10.0 Å². The molecule has 20 heavy (non-hydrogen) atoms.